The first-order chi connectivity index (χ1) is 16.7. The summed E-state index contributed by atoms with van der Waals surface area (Å²) >= 11 is 0. The molecule has 190 valence electrons. The summed E-state index contributed by atoms with van der Waals surface area (Å²) in [5.74, 6) is -0.991. The third-order valence-corrected chi connectivity index (χ3v) is 7.69. The summed E-state index contributed by atoms with van der Waals surface area (Å²) in [6.45, 7) is 1.65. The van der Waals surface area contributed by atoms with Crippen LogP contribution in [0.5, 0.6) is 5.75 Å². The molecular formula is C26H30F4N2O3. The predicted octanol–water partition coefficient (Wildman–Crippen LogP) is 4.62. The van der Waals surface area contributed by atoms with E-state index in [0.717, 1.165) is 25.6 Å². The average Bonchev–Trinajstić information content (AvgIpc) is 2.85. The molecular weight excluding hydrogens is 464 g/mol. The van der Waals surface area contributed by atoms with Crippen molar-refractivity contribution in [2.24, 2.45) is 5.41 Å². The summed E-state index contributed by atoms with van der Waals surface area (Å²) in [6, 6.07) is 11.5. The molecule has 2 aromatic rings. The smallest absolute Gasteiger partial charge is 0.430 e. The topological polar surface area (TPSA) is 50.8 Å². The van der Waals surface area contributed by atoms with Crippen molar-refractivity contribution in [1.29, 1.82) is 0 Å². The second-order valence-electron chi connectivity index (χ2n) is 9.30. The lowest BCUT2D eigenvalue weighted by molar-refractivity contribution is -0.271. The number of benzene rings is 2. The lowest BCUT2D eigenvalue weighted by atomic mass is 9.62. The van der Waals surface area contributed by atoms with Crippen LogP contribution in [0.25, 0.3) is 0 Å². The minimum atomic E-state index is -4.94. The normalized spacial score (nSPS) is 22.0. The highest BCUT2D eigenvalue weighted by atomic mass is 19.4. The first kappa shape index (κ1) is 25.4. The van der Waals surface area contributed by atoms with Gasteiger partial charge in [-0.1, -0.05) is 30.3 Å². The average molecular weight is 495 g/mol. The number of amides is 1. The lowest BCUT2D eigenvalue weighted by Crippen LogP contribution is -2.59. The van der Waals surface area contributed by atoms with E-state index in [1.165, 1.54) is 48.4 Å². The van der Waals surface area contributed by atoms with E-state index in [9.17, 15) is 22.4 Å². The van der Waals surface area contributed by atoms with Crippen molar-refractivity contribution in [3.8, 4) is 5.75 Å². The molecule has 2 atom stereocenters. The van der Waals surface area contributed by atoms with Gasteiger partial charge < -0.3 is 19.7 Å². The van der Waals surface area contributed by atoms with Gasteiger partial charge in [-0.05, 0) is 49.4 Å². The van der Waals surface area contributed by atoms with Crippen molar-refractivity contribution in [3.05, 3.63) is 65.5 Å². The van der Waals surface area contributed by atoms with E-state index in [1.807, 2.05) is 0 Å². The number of hydrogen-bond acceptors (Lipinski definition) is 4. The largest absolute Gasteiger partial charge is 0.496 e. The number of ether oxygens (including phenoxy) is 2. The molecule has 9 heteroatoms. The van der Waals surface area contributed by atoms with Crippen molar-refractivity contribution in [2.75, 3.05) is 40.4 Å². The van der Waals surface area contributed by atoms with Crippen LogP contribution in [-0.2, 0) is 15.1 Å². The number of nitrogens with one attached hydrogen (secondary N) is 1. The molecule has 4 rings (SSSR count). The molecule has 0 aromatic heterocycles. The Kier molecular flexibility index (Phi) is 7.11. The maximum absolute atomic E-state index is 14.4. The highest BCUT2D eigenvalue weighted by molar-refractivity contribution is 5.88. The van der Waals surface area contributed by atoms with Crippen LogP contribution in [0.1, 0.15) is 36.3 Å². The maximum Gasteiger partial charge on any atom is 0.430 e. The highest BCUT2D eigenvalue weighted by Gasteiger charge is 2.64. The van der Waals surface area contributed by atoms with E-state index in [1.54, 1.807) is 12.1 Å². The molecule has 1 amide bonds. The Labute approximate surface area is 202 Å². The van der Waals surface area contributed by atoms with Crippen molar-refractivity contribution < 1.29 is 31.8 Å². The number of rotatable bonds is 5. The molecule has 1 unspecified atom stereocenters. The molecule has 5 nitrogen and oxygen atoms in total. The number of halogens is 4. The van der Waals surface area contributed by atoms with Crippen LogP contribution in [0.15, 0.2) is 48.5 Å². The van der Waals surface area contributed by atoms with Crippen LogP contribution < -0.4 is 10.1 Å². The molecule has 0 saturated carbocycles. The minimum absolute atomic E-state index is 0.0944. The number of methoxy groups -OCH3 is 2. The summed E-state index contributed by atoms with van der Waals surface area (Å²) in [7, 11) is 2.45. The van der Waals surface area contributed by atoms with Crippen LogP contribution in [0, 0.1) is 11.2 Å². The van der Waals surface area contributed by atoms with E-state index < -0.39 is 17.7 Å². The Morgan fingerprint density at radius 1 is 1.06 bits per heavy atom. The summed E-state index contributed by atoms with van der Waals surface area (Å²) in [5, 5.41) is 3.36. The van der Waals surface area contributed by atoms with E-state index >= 15 is 0 Å². The molecule has 0 radical (unpaired) electrons. The molecule has 2 heterocycles. The molecule has 35 heavy (non-hydrogen) atoms. The van der Waals surface area contributed by atoms with Gasteiger partial charge in [0.2, 0.25) is 0 Å². The molecule has 0 bridgehead atoms. The van der Waals surface area contributed by atoms with Gasteiger partial charge >= 0.3 is 6.18 Å². The third-order valence-electron chi connectivity index (χ3n) is 7.69. The zero-order valence-electron chi connectivity index (χ0n) is 19.8. The van der Waals surface area contributed by atoms with E-state index in [0.29, 0.717) is 25.1 Å². The first-order valence-electron chi connectivity index (χ1n) is 11.7. The van der Waals surface area contributed by atoms with Gasteiger partial charge in [0.15, 0.2) is 0 Å². The standard InChI is InChI=1S/C26H30F4N2O3/c1-34-22-9-8-19(27)16-20(22)21-17-31-13-10-24(21)11-14-32(15-12-24)23(33)25(35-2,26(28,29)30)18-6-4-3-5-7-18/h3-9,16,21,31H,10-15,17H2,1-2H3/t21?,25-/m1/s1. The first-order valence-corrected chi connectivity index (χ1v) is 11.7. The molecule has 2 aliphatic rings. The van der Waals surface area contributed by atoms with Crippen LogP contribution in [-0.4, -0.2) is 57.4 Å². The Balaban J connectivity index is 1.62. The molecule has 2 saturated heterocycles. The number of carbonyl (C=O) groups is 1. The highest BCUT2D eigenvalue weighted by Crippen LogP contribution is 2.51. The second kappa shape index (κ2) is 9.78. The van der Waals surface area contributed by atoms with Gasteiger partial charge in [0.1, 0.15) is 11.6 Å². The van der Waals surface area contributed by atoms with Crippen LogP contribution in [0.3, 0.4) is 0 Å². The van der Waals surface area contributed by atoms with Gasteiger partial charge in [-0.2, -0.15) is 13.2 Å². The Morgan fingerprint density at radius 2 is 1.74 bits per heavy atom. The van der Waals surface area contributed by atoms with E-state index in [-0.39, 0.29) is 35.8 Å². The zero-order valence-corrected chi connectivity index (χ0v) is 19.8. The van der Waals surface area contributed by atoms with E-state index in [2.05, 4.69) is 5.32 Å². The monoisotopic (exact) mass is 494 g/mol. The summed E-state index contributed by atoms with van der Waals surface area (Å²) in [4.78, 5) is 14.7. The van der Waals surface area contributed by atoms with Crippen molar-refractivity contribution in [3.63, 3.8) is 0 Å². The zero-order chi connectivity index (χ0) is 25.3. The Hall–Kier alpha value is -2.65. The van der Waals surface area contributed by atoms with Crippen LogP contribution in [0.2, 0.25) is 0 Å². The summed E-state index contributed by atoms with van der Waals surface area (Å²) < 4.78 is 67.8. The summed E-state index contributed by atoms with van der Waals surface area (Å²) in [5.41, 5.74) is -2.86. The Morgan fingerprint density at radius 3 is 2.34 bits per heavy atom. The second-order valence-corrected chi connectivity index (χ2v) is 9.30. The quantitative estimate of drug-likeness (QED) is 0.617. The van der Waals surface area contributed by atoms with E-state index in [4.69, 9.17) is 9.47 Å². The molecule has 1 N–H and O–H groups in total. The number of alkyl halides is 3. The fourth-order valence-corrected chi connectivity index (χ4v) is 5.77. The van der Waals surface area contributed by atoms with Gasteiger partial charge in [0.25, 0.3) is 11.5 Å². The SMILES string of the molecule is COc1ccc(F)cc1C1CNCCC12CCN(C(=O)[C@](OC)(c1ccccc1)C(F)(F)F)CC2. The van der Waals surface area contributed by atoms with Gasteiger partial charge in [0.05, 0.1) is 7.11 Å². The van der Waals surface area contributed by atoms with Crippen molar-refractivity contribution >= 4 is 5.91 Å². The van der Waals surface area contributed by atoms with Crippen LogP contribution >= 0.6 is 0 Å². The number of piperidine rings is 2. The molecule has 2 aliphatic heterocycles. The third kappa shape index (κ3) is 4.40. The molecule has 0 aliphatic carbocycles. The van der Waals surface area contributed by atoms with Crippen LogP contribution in [0.4, 0.5) is 17.6 Å². The lowest BCUT2D eigenvalue weighted by Gasteiger charge is -2.51. The molecule has 1 spiro atoms. The number of likely N-dealkylation sites (tertiary alicyclic amines) is 1. The fraction of sp³-hybridized carbons (Fsp3) is 0.500. The maximum atomic E-state index is 14.4. The predicted molar refractivity (Wildman–Crippen MR) is 123 cm³/mol. The van der Waals surface area contributed by atoms with Gasteiger partial charge in [0, 0.05) is 43.8 Å². The molecule has 2 fully saturated rings. The number of nitrogens with zero attached hydrogens (tertiary/aromatic N) is 1. The van der Waals surface area contributed by atoms with Crippen molar-refractivity contribution in [1.82, 2.24) is 10.2 Å². The van der Waals surface area contributed by atoms with Gasteiger partial charge in [-0.15, -0.1) is 0 Å². The minimum Gasteiger partial charge on any atom is -0.496 e. The number of hydrogen-bond donors (Lipinski definition) is 1. The fourth-order valence-electron chi connectivity index (χ4n) is 5.77. The van der Waals surface area contributed by atoms with Crippen molar-refractivity contribution in [2.45, 2.75) is 37.0 Å². The Bertz CT molecular complexity index is 1040. The van der Waals surface area contributed by atoms with Gasteiger partial charge in [-0.25, -0.2) is 4.39 Å². The molecule has 2 aromatic carbocycles. The van der Waals surface area contributed by atoms with Gasteiger partial charge in [-0.3, -0.25) is 4.79 Å². The number of carbonyl (C=O) groups excluding carboxylic acids is 1. The summed E-state index contributed by atoms with van der Waals surface area (Å²) in [6.07, 6.45) is -3.18.